The molecule has 1 amide bonds. The van der Waals surface area contributed by atoms with Gasteiger partial charge in [0.15, 0.2) is 11.5 Å². The molecular formula is C28H34N2O7. The molecular weight excluding hydrogens is 476 g/mol. The van der Waals surface area contributed by atoms with Gasteiger partial charge < -0.3 is 29.0 Å². The summed E-state index contributed by atoms with van der Waals surface area (Å²) in [6.07, 6.45) is 0. The van der Waals surface area contributed by atoms with Crippen molar-refractivity contribution in [2.75, 3.05) is 59.7 Å². The van der Waals surface area contributed by atoms with Crippen molar-refractivity contribution >= 4 is 17.4 Å². The van der Waals surface area contributed by atoms with E-state index in [4.69, 9.17) is 18.9 Å². The first-order valence-corrected chi connectivity index (χ1v) is 12.6. The highest BCUT2D eigenvalue weighted by Crippen LogP contribution is 2.42. The molecule has 2 heterocycles. The largest absolute Gasteiger partial charge is 0.507 e. The number of aliphatic hydroxyl groups excluding tert-OH is 1. The van der Waals surface area contributed by atoms with Gasteiger partial charge in [-0.25, -0.2) is 0 Å². The number of morpholine rings is 1. The highest BCUT2D eigenvalue weighted by atomic mass is 16.5. The summed E-state index contributed by atoms with van der Waals surface area (Å²) in [7, 11) is 1.55. The predicted molar refractivity (Wildman–Crippen MR) is 138 cm³/mol. The number of rotatable bonds is 10. The maximum Gasteiger partial charge on any atom is 0.295 e. The van der Waals surface area contributed by atoms with E-state index in [9.17, 15) is 14.7 Å². The Morgan fingerprint density at radius 3 is 2.30 bits per heavy atom. The number of ketones is 1. The molecule has 0 bridgehead atoms. The van der Waals surface area contributed by atoms with Crippen LogP contribution < -0.4 is 14.2 Å². The number of aliphatic hydroxyl groups is 1. The van der Waals surface area contributed by atoms with Gasteiger partial charge in [-0.1, -0.05) is 6.07 Å². The summed E-state index contributed by atoms with van der Waals surface area (Å²) in [5.41, 5.74) is 1.12. The van der Waals surface area contributed by atoms with E-state index in [0.29, 0.717) is 67.9 Å². The van der Waals surface area contributed by atoms with Gasteiger partial charge in [0, 0.05) is 31.7 Å². The zero-order valence-electron chi connectivity index (χ0n) is 21.6. The van der Waals surface area contributed by atoms with Crippen molar-refractivity contribution in [1.29, 1.82) is 0 Å². The quantitative estimate of drug-likeness (QED) is 0.296. The molecule has 2 saturated heterocycles. The van der Waals surface area contributed by atoms with E-state index < -0.39 is 17.7 Å². The Balaban J connectivity index is 1.77. The van der Waals surface area contributed by atoms with Crippen LogP contribution in [0.5, 0.6) is 17.2 Å². The second-order valence-corrected chi connectivity index (χ2v) is 8.75. The lowest BCUT2D eigenvalue weighted by Gasteiger charge is -2.31. The van der Waals surface area contributed by atoms with Crippen LogP contribution >= 0.6 is 0 Å². The fraction of sp³-hybridized carbons (Fsp3) is 0.429. The number of nitrogens with zero attached hydrogens (tertiary/aromatic N) is 2. The number of hydrogen-bond acceptors (Lipinski definition) is 8. The maximum atomic E-state index is 13.3. The van der Waals surface area contributed by atoms with Crippen molar-refractivity contribution in [3.05, 3.63) is 59.2 Å². The topological polar surface area (TPSA) is 97.8 Å². The fourth-order valence-electron chi connectivity index (χ4n) is 4.67. The Labute approximate surface area is 217 Å². The molecule has 9 nitrogen and oxygen atoms in total. The van der Waals surface area contributed by atoms with E-state index in [1.54, 1.807) is 43.5 Å². The zero-order chi connectivity index (χ0) is 26.4. The van der Waals surface area contributed by atoms with Crippen LogP contribution in [0.25, 0.3) is 5.76 Å². The Morgan fingerprint density at radius 2 is 1.65 bits per heavy atom. The molecule has 1 N–H and O–H groups in total. The number of Topliss-reactive ketones (excluding diaryl/α,β-unsaturated/α-hetero) is 1. The van der Waals surface area contributed by atoms with Crippen LogP contribution in [0, 0.1) is 0 Å². The summed E-state index contributed by atoms with van der Waals surface area (Å²) in [6, 6.07) is 11.3. The normalized spacial score (nSPS) is 19.8. The van der Waals surface area contributed by atoms with Gasteiger partial charge in [-0.2, -0.15) is 0 Å². The molecule has 2 aromatic rings. The van der Waals surface area contributed by atoms with Crippen LogP contribution in [-0.4, -0.2) is 86.3 Å². The second-order valence-electron chi connectivity index (χ2n) is 8.75. The first-order chi connectivity index (χ1) is 18.0. The van der Waals surface area contributed by atoms with Crippen LogP contribution in [0.3, 0.4) is 0 Å². The fourth-order valence-corrected chi connectivity index (χ4v) is 4.67. The van der Waals surface area contributed by atoms with Crippen molar-refractivity contribution in [1.82, 2.24) is 9.80 Å². The smallest absolute Gasteiger partial charge is 0.295 e. The third-order valence-electron chi connectivity index (χ3n) is 6.55. The number of likely N-dealkylation sites (tertiary alicyclic amines) is 1. The highest BCUT2D eigenvalue weighted by molar-refractivity contribution is 6.46. The van der Waals surface area contributed by atoms with Gasteiger partial charge in [0.1, 0.15) is 11.5 Å². The third kappa shape index (κ3) is 5.73. The van der Waals surface area contributed by atoms with Crippen LogP contribution in [0.4, 0.5) is 0 Å². The Kier molecular flexibility index (Phi) is 8.68. The molecule has 0 saturated carbocycles. The first kappa shape index (κ1) is 26.5. The molecule has 9 heteroatoms. The first-order valence-electron chi connectivity index (χ1n) is 12.6. The Morgan fingerprint density at radius 1 is 0.973 bits per heavy atom. The average molecular weight is 511 g/mol. The van der Waals surface area contributed by atoms with Gasteiger partial charge in [0.2, 0.25) is 0 Å². The van der Waals surface area contributed by atoms with Gasteiger partial charge in [0.05, 0.1) is 45.2 Å². The lowest BCUT2D eigenvalue weighted by atomic mass is 9.95. The van der Waals surface area contributed by atoms with Gasteiger partial charge in [-0.15, -0.1) is 0 Å². The number of carbonyl (C=O) groups excluding carboxylic acids is 2. The maximum absolute atomic E-state index is 13.3. The molecule has 0 aromatic heterocycles. The summed E-state index contributed by atoms with van der Waals surface area (Å²) >= 11 is 0. The second kappa shape index (κ2) is 12.1. The predicted octanol–water partition coefficient (Wildman–Crippen LogP) is 3.25. The SMILES string of the molecule is CCOc1ccc([C@@H]2C(=C(O)c3ccc(OC)cc3)C(=O)C(=O)N2CCN2CCOCC2)cc1OCC. The molecule has 2 fully saturated rings. The molecule has 2 aliphatic heterocycles. The van der Waals surface area contributed by atoms with E-state index >= 15 is 0 Å². The van der Waals surface area contributed by atoms with Gasteiger partial charge >= 0.3 is 0 Å². The molecule has 0 aliphatic carbocycles. The lowest BCUT2D eigenvalue weighted by molar-refractivity contribution is -0.140. The minimum atomic E-state index is -0.780. The van der Waals surface area contributed by atoms with Crippen molar-refractivity contribution in [2.24, 2.45) is 0 Å². The lowest BCUT2D eigenvalue weighted by Crippen LogP contribution is -2.42. The van der Waals surface area contributed by atoms with Crippen LogP contribution in [0.1, 0.15) is 31.0 Å². The van der Waals surface area contributed by atoms with Crippen molar-refractivity contribution in [3.63, 3.8) is 0 Å². The van der Waals surface area contributed by atoms with E-state index in [1.807, 2.05) is 19.9 Å². The molecule has 37 heavy (non-hydrogen) atoms. The van der Waals surface area contributed by atoms with Gasteiger partial charge in [-0.05, 0) is 55.8 Å². The number of amides is 1. The van der Waals surface area contributed by atoms with Crippen molar-refractivity contribution < 1.29 is 33.6 Å². The number of hydrogen-bond donors (Lipinski definition) is 1. The van der Waals surface area contributed by atoms with E-state index in [0.717, 1.165) is 13.1 Å². The third-order valence-corrected chi connectivity index (χ3v) is 6.55. The minimum Gasteiger partial charge on any atom is -0.507 e. The number of ether oxygens (including phenoxy) is 4. The Hall–Kier alpha value is -3.56. The monoisotopic (exact) mass is 510 g/mol. The molecule has 2 aromatic carbocycles. The standard InChI is InChI=1S/C28H34N2O7/c1-4-36-22-11-8-20(18-23(22)37-5-2)25-24(26(31)19-6-9-21(34-3)10-7-19)27(32)28(33)30(25)13-12-29-14-16-35-17-15-29/h6-11,18,25,31H,4-5,12-17H2,1-3H3/t25-/m1/s1. The average Bonchev–Trinajstić information content (AvgIpc) is 3.18. The summed E-state index contributed by atoms with van der Waals surface area (Å²) in [5.74, 6) is 0.129. The van der Waals surface area contributed by atoms with E-state index in [1.165, 1.54) is 4.90 Å². The summed E-state index contributed by atoms with van der Waals surface area (Å²) in [4.78, 5) is 30.4. The van der Waals surface area contributed by atoms with E-state index in [2.05, 4.69) is 4.90 Å². The minimum absolute atomic E-state index is 0.0451. The molecule has 2 aliphatic rings. The van der Waals surface area contributed by atoms with Crippen molar-refractivity contribution in [2.45, 2.75) is 19.9 Å². The van der Waals surface area contributed by atoms with Gasteiger partial charge in [0.25, 0.3) is 11.7 Å². The number of benzene rings is 2. The molecule has 4 rings (SSSR count). The number of carbonyl (C=O) groups is 2. The van der Waals surface area contributed by atoms with Crippen LogP contribution in [0.15, 0.2) is 48.0 Å². The summed E-state index contributed by atoms with van der Waals surface area (Å²) < 4.78 is 22.2. The number of methoxy groups -OCH3 is 1. The summed E-state index contributed by atoms with van der Waals surface area (Å²) in [5, 5.41) is 11.3. The Bertz CT molecular complexity index is 1140. The van der Waals surface area contributed by atoms with Crippen LogP contribution in [0.2, 0.25) is 0 Å². The molecule has 0 radical (unpaired) electrons. The van der Waals surface area contributed by atoms with Gasteiger partial charge in [-0.3, -0.25) is 14.5 Å². The zero-order valence-corrected chi connectivity index (χ0v) is 21.6. The molecule has 0 unspecified atom stereocenters. The van der Waals surface area contributed by atoms with Crippen molar-refractivity contribution in [3.8, 4) is 17.2 Å². The molecule has 1 atom stereocenters. The van der Waals surface area contributed by atoms with E-state index in [-0.39, 0.29) is 11.3 Å². The summed E-state index contributed by atoms with van der Waals surface area (Å²) in [6.45, 7) is 8.36. The molecule has 198 valence electrons. The highest BCUT2D eigenvalue weighted by Gasteiger charge is 2.46. The van der Waals surface area contributed by atoms with Crippen LogP contribution in [-0.2, 0) is 14.3 Å². The molecule has 0 spiro atoms.